The number of pyridine rings is 1. The second kappa shape index (κ2) is 5.63. The van der Waals surface area contributed by atoms with Crippen LogP contribution in [-0.4, -0.2) is 22.5 Å². The number of nitrogens with one attached hydrogen (secondary N) is 1. The van der Waals surface area contributed by atoms with E-state index in [-0.39, 0.29) is 12.5 Å². The quantitative estimate of drug-likeness (QED) is 0.875. The summed E-state index contributed by atoms with van der Waals surface area (Å²) in [4.78, 5) is 15.8. The molecule has 0 saturated carbocycles. The number of rotatable bonds is 4. The van der Waals surface area contributed by atoms with Gasteiger partial charge in [0.15, 0.2) is 0 Å². The van der Waals surface area contributed by atoms with Gasteiger partial charge in [0.2, 0.25) is 0 Å². The van der Waals surface area contributed by atoms with Gasteiger partial charge in [-0.25, -0.2) is 0 Å². The summed E-state index contributed by atoms with van der Waals surface area (Å²) in [6.45, 7) is 1.80. The van der Waals surface area contributed by atoms with E-state index in [1.165, 1.54) is 0 Å². The molecule has 1 heterocycles. The van der Waals surface area contributed by atoms with Crippen molar-refractivity contribution in [3.63, 3.8) is 0 Å². The summed E-state index contributed by atoms with van der Waals surface area (Å²) in [7, 11) is 0. The van der Waals surface area contributed by atoms with Gasteiger partial charge in [-0.2, -0.15) is 0 Å². The van der Waals surface area contributed by atoms with Crippen LogP contribution in [0.5, 0.6) is 0 Å². The van der Waals surface area contributed by atoms with Crippen LogP contribution >= 0.6 is 0 Å². The molecular weight excluding hydrogens is 240 g/mol. The zero-order valence-electron chi connectivity index (χ0n) is 10.7. The summed E-state index contributed by atoms with van der Waals surface area (Å²) in [6, 6.07) is 14.4. The zero-order valence-corrected chi connectivity index (χ0v) is 10.7. The Hall–Kier alpha value is -2.20. The lowest BCUT2D eigenvalue weighted by Crippen LogP contribution is -2.38. The third kappa shape index (κ3) is 3.39. The predicted molar refractivity (Wildman–Crippen MR) is 72.6 cm³/mol. The first-order chi connectivity index (χ1) is 9.09. The second-order valence-electron chi connectivity index (χ2n) is 4.54. The Morgan fingerprint density at radius 2 is 1.89 bits per heavy atom. The van der Waals surface area contributed by atoms with Crippen LogP contribution in [0.4, 0.5) is 0 Å². The second-order valence-corrected chi connectivity index (χ2v) is 4.54. The lowest BCUT2D eigenvalue weighted by atomic mass is 9.96. The molecule has 1 aromatic heterocycles. The van der Waals surface area contributed by atoms with E-state index in [0.29, 0.717) is 5.69 Å². The van der Waals surface area contributed by atoms with Crippen LogP contribution in [0.25, 0.3) is 0 Å². The molecule has 0 bridgehead atoms. The third-order valence-electron chi connectivity index (χ3n) is 2.89. The number of nitrogens with zero attached hydrogens (tertiary/aromatic N) is 1. The number of aliphatic hydroxyl groups is 1. The molecule has 2 aromatic rings. The highest BCUT2D eigenvalue weighted by Crippen LogP contribution is 2.18. The molecule has 2 N–H and O–H groups in total. The summed E-state index contributed by atoms with van der Waals surface area (Å²) < 4.78 is 0. The molecule has 4 heteroatoms. The molecule has 0 saturated heterocycles. The maximum atomic E-state index is 11.8. The van der Waals surface area contributed by atoms with E-state index in [1.807, 2.05) is 30.3 Å². The van der Waals surface area contributed by atoms with Crippen molar-refractivity contribution in [3.8, 4) is 0 Å². The first-order valence-electron chi connectivity index (χ1n) is 6.07. The average molecular weight is 256 g/mol. The zero-order chi connectivity index (χ0) is 13.7. The number of amides is 1. The number of carbonyl (C=O) groups excluding carboxylic acids is 1. The van der Waals surface area contributed by atoms with Crippen molar-refractivity contribution in [1.82, 2.24) is 10.3 Å². The lowest BCUT2D eigenvalue weighted by Gasteiger charge is -2.24. The molecule has 19 heavy (non-hydrogen) atoms. The molecule has 0 aliphatic rings. The molecule has 1 atom stereocenters. The predicted octanol–water partition coefficient (Wildman–Crippen LogP) is 1.72. The molecule has 0 radical (unpaired) electrons. The molecule has 0 fully saturated rings. The van der Waals surface area contributed by atoms with Gasteiger partial charge in [-0.3, -0.25) is 9.78 Å². The van der Waals surface area contributed by atoms with Gasteiger partial charge in [-0.05, 0) is 24.6 Å². The fraction of sp³-hybridized carbons (Fsp3) is 0.200. The number of aromatic nitrogens is 1. The summed E-state index contributed by atoms with van der Waals surface area (Å²) in [5, 5.41) is 13.0. The molecule has 0 aliphatic carbocycles. The fourth-order valence-electron chi connectivity index (χ4n) is 1.74. The number of benzene rings is 1. The van der Waals surface area contributed by atoms with Gasteiger partial charge < -0.3 is 10.4 Å². The Bertz CT molecular complexity index is 539. The standard InChI is InChI=1S/C15H16N2O2/c1-15(19,12-7-3-2-4-8-12)11-17-14(18)13-9-5-6-10-16-13/h2-10,19H,11H2,1H3,(H,17,18). The van der Waals surface area contributed by atoms with Gasteiger partial charge in [-0.1, -0.05) is 36.4 Å². The highest BCUT2D eigenvalue weighted by atomic mass is 16.3. The molecule has 1 aromatic carbocycles. The van der Waals surface area contributed by atoms with Crippen molar-refractivity contribution in [3.05, 3.63) is 66.0 Å². The lowest BCUT2D eigenvalue weighted by molar-refractivity contribution is 0.0525. The maximum absolute atomic E-state index is 11.8. The summed E-state index contributed by atoms with van der Waals surface area (Å²) >= 11 is 0. The van der Waals surface area contributed by atoms with Crippen molar-refractivity contribution < 1.29 is 9.90 Å². The molecule has 0 spiro atoms. The minimum atomic E-state index is -1.11. The maximum Gasteiger partial charge on any atom is 0.269 e. The van der Waals surface area contributed by atoms with Gasteiger partial charge in [0.1, 0.15) is 11.3 Å². The minimum absolute atomic E-state index is 0.131. The SMILES string of the molecule is CC(O)(CNC(=O)c1ccccn1)c1ccccc1. The molecule has 0 aliphatic heterocycles. The van der Waals surface area contributed by atoms with E-state index in [4.69, 9.17) is 0 Å². The van der Waals surface area contributed by atoms with E-state index in [0.717, 1.165) is 5.56 Å². The smallest absolute Gasteiger partial charge is 0.269 e. The average Bonchev–Trinajstić information content (AvgIpc) is 2.47. The van der Waals surface area contributed by atoms with Gasteiger partial charge in [0.25, 0.3) is 5.91 Å². The largest absolute Gasteiger partial charge is 0.384 e. The van der Waals surface area contributed by atoms with Crippen molar-refractivity contribution in [1.29, 1.82) is 0 Å². The first-order valence-corrected chi connectivity index (χ1v) is 6.07. The van der Waals surface area contributed by atoms with Crippen LogP contribution in [0.3, 0.4) is 0 Å². The third-order valence-corrected chi connectivity index (χ3v) is 2.89. The summed E-state index contributed by atoms with van der Waals surface area (Å²) in [5.41, 5.74) is -0.00575. The Labute approximate surface area is 112 Å². The molecule has 2 rings (SSSR count). The van der Waals surface area contributed by atoms with E-state index in [1.54, 1.807) is 31.3 Å². The number of hydrogen-bond acceptors (Lipinski definition) is 3. The summed E-state index contributed by atoms with van der Waals surface area (Å²) in [6.07, 6.45) is 1.56. The van der Waals surface area contributed by atoms with Crippen molar-refractivity contribution in [2.75, 3.05) is 6.54 Å². The minimum Gasteiger partial charge on any atom is -0.384 e. The first kappa shape index (κ1) is 13.2. The van der Waals surface area contributed by atoms with Gasteiger partial charge >= 0.3 is 0 Å². The van der Waals surface area contributed by atoms with E-state index >= 15 is 0 Å². The van der Waals surface area contributed by atoms with Crippen LogP contribution in [0, 0.1) is 0 Å². The van der Waals surface area contributed by atoms with Gasteiger partial charge in [0, 0.05) is 6.20 Å². The topological polar surface area (TPSA) is 62.2 Å². The Kier molecular flexibility index (Phi) is 3.92. The van der Waals surface area contributed by atoms with Crippen LogP contribution in [0.15, 0.2) is 54.7 Å². The van der Waals surface area contributed by atoms with E-state index < -0.39 is 5.60 Å². The van der Waals surface area contributed by atoms with Crippen molar-refractivity contribution >= 4 is 5.91 Å². The Morgan fingerprint density at radius 1 is 1.21 bits per heavy atom. The monoisotopic (exact) mass is 256 g/mol. The molecule has 4 nitrogen and oxygen atoms in total. The normalized spacial score (nSPS) is 13.6. The van der Waals surface area contributed by atoms with Gasteiger partial charge in [-0.15, -0.1) is 0 Å². The van der Waals surface area contributed by atoms with Crippen molar-refractivity contribution in [2.24, 2.45) is 0 Å². The number of carbonyl (C=O) groups is 1. The van der Waals surface area contributed by atoms with Gasteiger partial charge in [0.05, 0.1) is 6.54 Å². The number of hydrogen-bond donors (Lipinski definition) is 2. The van der Waals surface area contributed by atoms with E-state index in [9.17, 15) is 9.90 Å². The fourth-order valence-corrected chi connectivity index (χ4v) is 1.74. The molecular formula is C15H16N2O2. The van der Waals surface area contributed by atoms with Crippen LogP contribution < -0.4 is 5.32 Å². The highest BCUT2D eigenvalue weighted by Gasteiger charge is 2.23. The van der Waals surface area contributed by atoms with Crippen LogP contribution in [0.2, 0.25) is 0 Å². The Morgan fingerprint density at radius 3 is 2.53 bits per heavy atom. The highest BCUT2D eigenvalue weighted by molar-refractivity contribution is 5.92. The van der Waals surface area contributed by atoms with Crippen molar-refractivity contribution in [2.45, 2.75) is 12.5 Å². The van der Waals surface area contributed by atoms with Crippen LogP contribution in [0.1, 0.15) is 23.0 Å². The Balaban J connectivity index is 2.01. The summed E-state index contributed by atoms with van der Waals surface area (Å²) in [5.74, 6) is -0.295. The molecule has 98 valence electrons. The molecule has 1 unspecified atom stereocenters. The molecule has 1 amide bonds. The van der Waals surface area contributed by atoms with E-state index in [2.05, 4.69) is 10.3 Å². The van der Waals surface area contributed by atoms with Crippen LogP contribution in [-0.2, 0) is 5.60 Å².